The molecule has 1 saturated heterocycles. The van der Waals surface area contributed by atoms with E-state index >= 15 is 0 Å². The van der Waals surface area contributed by atoms with Gasteiger partial charge in [-0.2, -0.15) is 0 Å². The van der Waals surface area contributed by atoms with Crippen molar-refractivity contribution in [3.63, 3.8) is 0 Å². The highest BCUT2D eigenvalue weighted by Crippen LogP contribution is 2.21. The summed E-state index contributed by atoms with van der Waals surface area (Å²) in [6.07, 6.45) is -7.02. The minimum absolute atomic E-state index is 0.551. The molecular formula is C6H12O7. The summed E-state index contributed by atoms with van der Waals surface area (Å²) in [5.74, 6) is 0. The second kappa shape index (κ2) is 4.29. The van der Waals surface area contributed by atoms with Gasteiger partial charge in [-0.3, -0.25) is 5.26 Å². The lowest BCUT2D eigenvalue weighted by Gasteiger charge is -2.38. The lowest BCUT2D eigenvalue weighted by atomic mass is 9.99. The Hall–Kier alpha value is -0.280. The van der Waals surface area contributed by atoms with Crippen molar-refractivity contribution in [3.05, 3.63) is 0 Å². The fourth-order valence-electron chi connectivity index (χ4n) is 1.19. The number of aliphatic hydroxyl groups excluding tert-OH is 4. The van der Waals surface area contributed by atoms with Crippen LogP contribution in [0.1, 0.15) is 0 Å². The van der Waals surface area contributed by atoms with Crippen LogP contribution in [0.3, 0.4) is 0 Å². The first kappa shape index (κ1) is 10.8. The molecule has 0 aliphatic carbocycles. The van der Waals surface area contributed by atoms with Gasteiger partial charge in [0.1, 0.15) is 18.3 Å². The molecule has 0 bridgehead atoms. The van der Waals surface area contributed by atoms with Crippen LogP contribution in [0.15, 0.2) is 0 Å². The highest BCUT2D eigenvalue weighted by molar-refractivity contribution is 4.88. The Labute approximate surface area is 73.7 Å². The van der Waals surface area contributed by atoms with E-state index in [1.165, 1.54) is 0 Å². The van der Waals surface area contributed by atoms with E-state index in [4.69, 9.17) is 20.6 Å². The molecule has 5 N–H and O–H groups in total. The molecule has 13 heavy (non-hydrogen) atoms. The van der Waals surface area contributed by atoms with E-state index in [9.17, 15) is 5.11 Å². The number of hydrogen-bond donors (Lipinski definition) is 5. The van der Waals surface area contributed by atoms with Gasteiger partial charge in [-0.05, 0) is 0 Å². The van der Waals surface area contributed by atoms with Crippen LogP contribution in [0.25, 0.3) is 0 Å². The van der Waals surface area contributed by atoms with Gasteiger partial charge in [-0.25, -0.2) is 4.89 Å². The Morgan fingerprint density at radius 1 is 1.15 bits per heavy atom. The summed E-state index contributed by atoms with van der Waals surface area (Å²) in [6.45, 7) is -0.551. The van der Waals surface area contributed by atoms with Crippen molar-refractivity contribution in [1.82, 2.24) is 0 Å². The number of hydrogen-bond acceptors (Lipinski definition) is 7. The molecule has 7 nitrogen and oxygen atoms in total. The van der Waals surface area contributed by atoms with E-state index in [1.54, 1.807) is 0 Å². The van der Waals surface area contributed by atoms with Crippen molar-refractivity contribution in [2.24, 2.45) is 0 Å². The third kappa shape index (κ3) is 1.97. The van der Waals surface area contributed by atoms with Crippen molar-refractivity contribution >= 4 is 0 Å². The first-order valence-corrected chi connectivity index (χ1v) is 3.72. The van der Waals surface area contributed by atoms with Crippen LogP contribution in [0.4, 0.5) is 0 Å². The molecule has 0 aromatic rings. The maximum atomic E-state index is 9.28. The van der Waals surface area contributed by atoms with Crippen molar-refractivity contribution in [2.45, 2.75) is 30.7 Å². The summed E-state index contributed by atoms with van der Waals surface area (Å²) < 4.78 is 4.61. The zero-order valence-corrected chi connectivity index (χ0v) is 6.65. The molecule has 78 valence electrons. The zero-order chi connectivity index (χ0) is 10.0. The lowest BCUT2D eigenvalue weighted by molar-refractivity contribution is -0.372. The molecule has 0 saturated carbocycles. The fourth-order valence-corrected chi connectivity index (χ4v) is 1.19. The standard InChI is InChI=1S/C6H12O7/c7-1-2-3(8)5(13-11)4(9)6(10)12-2/h2-11H,1H2/t2-,3-,4+,5+,6+/m1/s1. The van der Waals surface area contributed by atoms with Crippen molar-refractivity contribution in [1.29, 1.82) is 0 Å². The third-order valence-electron chi connectivity index (χ3n) is 1.96. The Balaban J connectivity index is 2.69. The number of ether oxygens (including phenoxy) is 1. The monoisotopic (exact) mass is 196 g/mol. The lowest BCUT2D eigenvalue weighted by Crippen LogP contribution is -2.59. The number of aliphatic hydroxyl groups is 4. The van der Waals surface area contributed by atoms with Crippen LogP contribution in [0.5, 0.6) is 0 Å². The quantitative estimate of drug-likeness (QED) is 0.240. The van der Waals surface area contributed by atoms with Gasteiger partial charge in [0.25, 0.3) is 0 Å². The Morgan fingerprint density at radius 3 is 2.23 bits per heavy atom. The van der Waals surface area contributed by atoms with Crippen LogP contribution in [-0.2, 0) is 9.62 Å². The van der Waals surface area contributed by atoms with Crippen LogP contribution in [-0.4, -0.2) is 63.0 Å². The van der Waals surface area contributed by atoms with Gasteiger partial charge in [0.2, 0.25) is 0 Å². The molecule has 1 fully saturated rings. The van der Waals surface area contributed by atoms with Crippen molar-refractivity contribution in [3.8, 4) is 0 Å². The summed E-state index contributed by atoms with van der Waals surface area (Å²) in [5, 5.41) is 44.4. The van der Waals surface area contributed by atoms with E-state index in [0.717, 1.165) is 0 Å². The molecule has 1 aliphatic rings. The van der Waals surface area contributed by atoms with Gasteiger partial charge in [0.15, 0.2) is 12.4 Å². The average Bonchev–Trinajstić information content (AvgIpc) is 2.12. The van der Waals surface area contributed by atoms with Gasteiger partial charge in [0, 0.05) is 0 Å². The van der Waals surface area contributed by atoms with Crippen molar-refractivity contribution < 1.29 is 35.3 Å². The topological polar surface area (TPSA) is 120 Å². The molecule has 0 spiro atoms. The molecule has 1 aliphatic heterocycles. The molecule has 7 heteroatoms. The van der Waals surface area contributed by atoms with Gasteiger partial charge in [-0.1, -0.05) is 0 Å². The Bertz CT molecular complexity index is 163. The van der Waals surface area contributed by atoms with Gasteiger partial charge < -0.3 is 25.2 Å². The molecule has 1 rings (SSSR count). The van der Waals surface area contributed by atoms with E-state index in [2.05, 4.69) is 9.62 Å². The molecule has 5 atom stereocenters. The Kier molecular flexibility index (Phi) is 3.56. The minimum atomic E-state index is -1.60. The molecule has 0 radical (unpaired) electrons. The van der Waals surface area contributed by atoms with E-state index < -0.39 is 37.3 Å². The summed E-state index contributed by atoms with van der Waals surface area (Å²) in [7, 11) is 0. The van der Waals surface area contributed by atoms with Gasteiger partial charge >= 0.3 is 0 Å². The summed E-state index contributed by atoms with van der Waals surface area (Å²) in [4.78, 5) is 3.77. The maximum absolute atomic E-state index is 9.28. The van der Waals surface area contributed by atoms with Crippen LogP contribution >= 0.6 is 0 Å². The van der Waals surface area contributed by atoms with Crippen LogP contribution in [0.2, 0.25) is 0 Å². The first-order chi connectivity index (χ1) is 6.11. The summed E-state index contributed by atoms with van der Waals surface area (Å²) >= 11 is 0. The van der Waals surface area contributed by atoms with E-state index in [-0.39, 0.29) is 0 Å². The first-order valence-electron chi connectivity index (χ1n) is 3.72. The highest BCUT2D eigenvalue weighted by atomic mass is 17.1. The van der Waals surface area contributed by atoms with Crippen LogP contribution < -0.4 is 0 Å². The summed E-state index contributed by atoms with van der Waals surface area (Å²) in [6, 6.07) is 0. The Morgan fingerprint density at radius 2 is 1.77 bits per heavy atom. The molecule has 1 heterocycles. The molecule has 0 aromatic heterocycles. The van der Waals surface area contributed by atoms with Gasteiger partial charge in [-0.15, -0.1) is 0 Å². The summed E-state index contributed by atoms with van der Waals surface area (Å²) in [5.41, 5.74) is 0. The third-order valence-corrected chi connectivity index (χ3v) is 1.96. The molecule has 0 unspecified atom stereocenters. The number of rotatable bonds is 2. The molecule has 0 amide bonds. The zero-order valence-electron chi connectivity index (χ0n) is 6.65. The largest absolute Gasteiger partial charge is 0.394 e. The average molecular weight is 196 g/mol. The van der Waals surface area contributed by atoms with Crippen LogP contribution in [0, 0.1) is 0 Å². The predicted octanol–water partition coefficient (Wildman–Crippen LogP) is -2.72. The second-order valence-corrected chi connectivity index (χ2v) is 2.80. The smallest absolute Gasteiger partial charge is 0.184 e. The van der Waals surface area contributed by atoms with Crippen molar-refractivity contribution in [2.75, 3.05) is 6.61 Å². The maximum Gasteiger partial charge on any atom is 0.184 e. The highest BCUT2D eigenvalue weighted by Gasteiger charge is 2.44. The fraction of sp³-hybridized carbons (Fsp3) is 1.00. The minimum Gasteiger partial charge on any atom is -0.394 e. The molecule has 0 aromatic carbocycles. The normalized spacial score (nSPS) is 46.4. The SMILES string of the molecule is OC[C@H]1O[C@H](O)[C@@H](O)[C@@H](OO)[C@@H]1O. The van der Waals surface area contributed by atoms with E-state index in [0.29, 0.717) is 0 Å². The van der Waals surface area contributed by atoms with Gasteiger partial charge in [0.05, 0.1) is 6.61 Å². The van der Waals surface area contributed by atoms with E-state index in [1.807, 2.05) is 0 Å². The molecular weight excluding hydrogens is 184 g/mol. The second-order valence-electron chi connectivity index (χ2n) is 2.80. The predicted molar refractivity (Wildman–Crippen MR) is 37.5 cm³/mol.